The van der Waals surface area contributed by atoms with Crippen molar-refractivity contribution in [1.29, 1.82) is 0 Å². The molecule has 1 aromatic rings. The zero-order chi connectivity index (χ0) is 13.1. The monoisotopic (exact) mass is 258 g/mol. The van der Waals surface area contributed by atoms with Crippen molar-refractivity contribution < 1.29 is 5.11 Å². The maximum atomic E-state index is 10.3. The fourth-order valence-electron chi connectivity index (χ4n) is 3.61. The van der Waals surface area contributed by atoms with Crippen LogP contribution in [0.1, 0.15) is 80.9 Å². The van der Waals surface area contributed by atoms with Gasteiger partial charge in [-0.25, -0.2) is 0 Å². The summed E-state index contributed by atoms with van der Waals surface area (Å²) in [5, 5.41) is 10.3. The highest BCUT2D eigenvalue weighted by Gasteiger charge is 2.22. The van der Waals surface area contributed by atoms with Gasteiger partial charge in [0.25, 0.3) is 0 Å². The SMILES string of the molecule is OC(CC1CCC1)c1ccc(C2CCCCC2)cc1. The van der Waals surface area contributed by atoms with Crippen molar-refractivity contribution in [3.8, 4) is 0 Å². The molecule has 0 bridgehead atoms. The number of hydrogen-bond acceptors (Lipinski definition) is 1. The van der Waals surface area contributed by atoms with Crippen molar-refractivity contribution >= 4 is 0 Å². The quantitative estimate of drug-likeness (QED) is 0.809. The van der Waals surface area contributed by atoms with E-state index < -0.39 is 0 Å². The standard InChI is InChI=1S/C18H26O/c19-18(13-14-5-4-6-14)17-11-9-16(10-12-17)15-7-2-1-3-8-15/h9-12,14-15,18-19H,1-8,13H2. The van der Waals surface area contributed by atoms with Gasteiger partial charge in [0.05, 0.1) is 6.10 Å². The summed E-state index contributed by atoms with van der Waals surface area (Å²) in [6, 6.07) is 8.84. The lowest BCUT2D eigenvalue weighted by Crippen LogP contribution is -2.15. The molecule has 1 aromatic carbocycles. The van der Waals surface area contributed by atoms with Gasteiger partial charge in [0.15, 0.2) is 0 Å². The van der Waals surface area contributed by atoms with Gasteiger partial charge in [-0.15, -0.1) is 0 Å². The fraction of sp³-hybridized carbons (Fsp3) is 0.667. The molecule has 2 saturated carbocycles. The zero-order valence-corrected chi connectivity index (χ0v) is 11.9. The smallest absolute Gasteiger partial charge is 0.0792 e. The molecule has 2 aliphatic carbocycles. The highest BCUT2D eigenvalue weighted by molar-refractivity contribution is 5.27. The summed E-state index contributed by atoms with van der Waals surface area (Å²) in [5.74, 6) is 1.54. The highest BCUT2D eigenvalue weighted by Crippen LogP contribution is 2.36. The summed E-state index contributed by atoms with van der Waals surface area (Å²) in [5.41, 5.74) is 2.60. The van der Waals surface area contributed by atoms with E-state index in [1.807, 2.05) is 0 Å². The van der Waals surface area contributed by atoms with Crippen LogP contribution in [0.25, 0.3) is 0 Å². The first-order valence-electron chi connectivity index (χ1n) is 8.11. The van der Waals surface area contributed by atoms with Crippen LogP contribution in [0.4, 0.5) is 0 Å². The van der Waals surface area contributed by atoms with Gasteiger partial charge in [-0.1, -0.05) is 62.8 Å². The van der Waals surface area contributed by atoms with Gasteiger partial charge in [-0.2, -0.15) is 0 Å². The fourth-order valence-corrected chi connectivity index (χ4v) is 3.61. The van der Waals surface area contributed by atoms with Crippen LogP contribution in [0.2, 0.25) is 0 Å². The molecule has 0 aromatic heterocycles. The average Bonchev–Trinajstić information content (AvgIpc) is 2.44. The van der Waals surface area contributed by atoms with Crippen LogP contribution in [0, 0.1) is 5.92 Å². The van der Waals surface area contributed by atoms with Gasteiger partial charge in [0.1, 0.15) is 0 Å². The molecule has 0 amide bonds. The Morgan fingerprint density at radius 2 is 1.58 bits per heavy atom. The number of aliphatic hydroxyl groups excluding tert-OH is 1. The second kappa shape index (κ2) is 6.09. The molecule has 1 N–H and O–H groups in total. The van der Waals surface area contributed by atoms with E-state index in [9.17, 15) is 5.11 Å². The van der Waals surface area contributed by atoms with Gasteiger partial charge in [-0.3, -0.25) is 0 Å². The first-order chi connectivity index (χ1) is 9.33. The lowest BCUT2D eigenvalue weighted by atomic mass is 9.80. The van der Waals surface area contributed by atoms with Crippen LogP contribution in [0.3, 0.4) is 0 Å². The Hall–Kier alpha value is -0.820. The predicted octanol–water partition coefficient (Wildman–Crippen LogP) is 4.96. The predicted molar refractivity (Wildman–Crippen MR) is 79.2 cm³/mol. The molecule has 3 rings (SSSR count). The van der Waals surface area contributed by atoms with Gasteiger partial charge >= 0.3 is 0 Å². The van der Waals surface area contributed by atoms with E-state index in [0.29, 0.717) is 0 Å². The van der Waals surface area contributed by atoms with Gasteiger partial charge in [0.2, 0.25) is 0 Å². The summed E-state index contributed by atoms with van der Waals surface area (Å²) in [7, 11) is 0. The minimum absolute atomic E-state index is 0.245. The van der Waals surface area contributed by atoms with E-state index >= 15 is 0 Å². The Morgan fingerprint density at radius 3 is 2.16 bits per heavy atom. The molecule has 0 aliphatic heterocycles. The molecule has 1 heteroatoms. The van der Waals surface area contributed by atoms with Crippen molar-refractivity contribution in [2.24, 2.45) is 5.92 Å². The first kappa shape index (κ1) is 13.2. The van der Waals surface area contributed by atoms with Crippen molar-refractivity contribution in [2.45, 2.75) is 69.8 Å². The van der Waals surface area contributed by atoms with Gasteiger partial charge < -0.3 is 5.11 Å². The molecule has 0 heterocycles. The lowest BCUT2D eigenvalue weighted by molar-refractivity contribution is 0.118. The second-order valence-corrected chi connectivity index (χ2v) is 6.55. The summed E-state index contributed by atoms with van der Waals surface area (Å²) in [6.45, 7) is 0. The Kier molecular flexibility index (Phi) is 4.22. The average molecular weight is 258 g/mol. The molecule has 0 spiro atoms. The van der Waals surface area contributed by atoms with E-state index in [1.54, 1.807) is 0 Å². The van der Waals surface area contributed by atoms with Crippen molar-refractivity contribution in [3.05, 3.63) is 35.4 Å². The molecule has 0 saturated heterocycles. The van der Waals surface area contributed by atoms with E-state index in [-0.39, 0.29) is 6.10 Å². The maximum absolute atomic E-state index is 10.3. The lowest BCUT2D eigenvalue weighted by Gasteiger charge is -2.28. The van der Waals surface area contributed by atoms with E-state index in [1.165, 1.54) is 56.9 Å². The summed E-state index contributed by atoms with van der Waals surface area (Å²) >= 11 is 0. The molecule has 0 radical (unpaired) electrons. The number of rotatable bonds is 4. The topological polar surface area (TPSA) is 20.2 Å². The third kappa shape index (κ3) is 3.20. The first-order valence-corrected chi connectivity index (χ1v) is 8.11. The molecular weight excluding hydrogens is 232 g/mol. The van der Waals surface area contributed by atoms with Crippen molar-refractivity contribution in [3.63, 3.8) is 0 Å². The molecular formula is C18H26O. The molecule has 19 heavy (non-hydrogen) atoms. The van der Waals surface area contributed by atoms with E-state index in [2.05, 4.69) is 24.3 Å². The molecule has 104 valence electrons. The van der Waals surface area contributed by atoms with Crippen molar-refractivity contribution in [2.75, 3.05) is 0 Å². The molecule has 1 atom stereocenters. The number of benzene rings is 1. The third-order valence-electron chi connectivity index (χ3n) is 5.18. The number of aliphatic hydroxyl groups is 1. The Bertz CT molecular complexity index is 385. The Labute approximate surface area is 117 Å². The van der Waals surface area contributed by atoms with Crippen LogP contribution in [0.15, 0.2) is 24.3 Å². The number of hydrogen-bond donors (Lipinski definition) is 1. The van der Waals surface area contributed by atoms with E-state index in [4.69, 9.17) is 0 Å². The maximum Gasteiger partial charge on any atom is 0.0792 e. The largest absolute Gasteiger partial charge is 0.388 e. The van der Waals surface area contributed by atoms with E-state index in [0.717, 1.165) is 23.8 Å². The molecule has 2 fully saturated rings. The van der Waals surface area contributed by atoms with Crippen LogP contribution < -0.4 is 0 Å². The summed E-state index contributed by atoms with van der Waals surface area (Å²) in [6.07, 6.45) is 11.6. The van der Waals surface area contributed by atoms with Crippen LogP contribution >= 0.6 is 0 Å². The third-order valence-corrected chi connectivity index (χ3v) is 5.18. The normalized spacial score (nSPS) is 23.0. The minimum atomic E-state index is -0.245. The second-order valence-electron chi connectivity index (χ2n) is 6.55. The van der Waals surface area contributed by atoms with Gasteiger partial charge in [-0.05, 0) is 42.2 Å². The minimum Gasteiger partial charge on any atom is -0.388 e. The van der Waals surface area contributed by atoms with Crippen molar-refractivity contribution in [1.82, 2.24) is 0 Å². The molecule has 1 unspecified atom stereocenters. The molecule has 2 aliphatic rings. The zero-order valence-electron chi connectivity index (χ0n) is 11.9. The van der Waals surface area contributed by atoms with Crippen LogP contribution in [-0.2, 0) is 0 Å². The molecule has 1 nitrogen and oxygen atoms in total. The Morgan fingerprint density at radius 1 is 0.895 bits per heavy atom. The van der Waals surface area contributed by atoms with Gasteiger partial charge in [0, 0.05) is 0 Å². The highest BCUT2D eigenvalue weighted by atomic mass is 16.3. The van der Waals surface area contributed by atoms with Crippen LogP contribution in [0.5, 0.6) is 0 Å². The summed E-state index contributed by atoms with van der Waals surface area (Å²) < 4.78 is 0. The summed E-state index contributed by atoms with van der Waals surface area (Å²) in [4.78, 5) is 0. The van der Waals surface area contributed by atoms with Crippen LogP contribution in [-0.4, -0.2) is 5.11 Å². The Balaban J connectivity index is 1.60.